The van der Waals surface area contributed by atoms with Crippen molar-refractivity contribution in [1.82, 2.24) is 10.4 Å². The summed E-state index contributed by atoms with van der Waals surface area (Å²) in [5, 5.41) is 6.05. The van der Waals surface area contributed by atoms with Gasteiger partial charge >= 0.3 is 0 Å². The lowest BCUT2D eigenvalue weighted by Crippen LogP contribution is -2.19. The Morgan fingerprint density at radius 1 is 1.00 bits per heavy atom. The molecule has 0 radical (unpaired) electrons. The number of hydrogen-bond acceptors (Lipinski definition) is 6. The zero-order valence-electron chi connectivity index (χ0n) is 17.9. The fourth-order valence-corrected chi connectivity index (χ4v) is 4.61. The second kappa shape index (κ2) is 12.0. The van der Waals surface area contributed by atoms with E-state index in [4.69, 9.17) is 4.74 Å². The molecule has 0 unspecified atom stereocenters. The third kappa shape index (κ3) is 7.30. The number of carbonyl (C=O) groups is 1. The van der Waals surface area contributed by atoms with Crippen LogP contribution in [0.15, 0.2) is 99.8 Å². The number of amides is 1. The fourth-order valence-electron chi connectivity index (χ4n) is 2.98. The highest BCUT2D eigenvalue weighted by molar-refractivity contribution is 8.01. The topological polar surface area (TPSA) is 63.6 Å². The van der Waals surface area contributed by atoms with Gasteiger partial charge in [-0.05, 0) is 35.4 Å². The van der Waals surface area contributed by atoms with Gasteiger partial charge in [-0.3, -0.25) is 4.79 Å². The number of thioether (sulfide) groups is 1. The molecule has 4 rings (SSSR count). The van der Waals surface area contributed by atoms with Crippen molar-refractivity contribution in [2.75, 3.05) is 12.4 Å². The Balaban J connectivity index is 1.17. The van der Waals surface area contributed by atoms with E-state index in [0.29, 0.717) is 6.61 Å². The lowest BCUT2D eigenvalue weighted by molar-refractivity contribution is -0.118. The van der Waals surface area contributed by atoms with Gasteiger partial charge in [0.15, 0.2) is 4.34 Å². The largest absolute Gasteiger partial charge is 0.493 e. The molecule has 0 atom stereocenters. The molecule has 166 valence electrons. The number of nitrogens with one attached hydrogen (secondary N) is 1. The van der Waals surface area contributed by atoms with E-state index in [1.807, 2.05) is 78.2 Å². The molecule has 4 aromatic rings. The van der Waals surface area contributed by atoms with Gasteiger partial charge in [-0.15, -0.1) is 11.3 Å². The number of aromatic nitrogens is 1. The molecule has 5 nitrogen and oxygen atoms in total. The molecule has 0 saturated carbocycles. The van der Waals surface area contributed by atoms with E-state index in [1.165, 1.54) is 28.7 Å². The second-order valence-electron chi connectivity index (χ2n) is 7.10. The van der Waals surface area contributed by atoms with Crippen molar-refractivity contribution in [3.8, 4) is 17.0 Å². The van der Waals surface area contributed by atoms with E-state index in [9.17, 15) is 4.79 Å². The van der Waals surface area contributed by atoms with Crippen LogP contribution in [0.25, 0.3) is 11.3 Å². The Labute approximate surface area is 201 Å². The first-order valence-electron chi connectivity index (χ1n) is 10.5. The van der Waals surface area contributed by atoms with Crippen LogP contribution < -0.4 is 10.2 Å². The lowest BCUT2D eigenvalue weighted by atomic mass is 10.2. The summed E-state index contributed by atoms with van der Waals surface area (Å²) in [5.41, 5.74) is 6.69. The van der Waals surface area contributed by atoms with Crippen molar-refractivity contribution < 1.29 is 9.53 Å². The zero-order chi connectivity index (χ0) is 22.7. The maximum Gasteiger partial charge on any atom is 0.250 e. The van der Waals surface area contributed by atoms with Crippen molar-refractivity contribution in [1.29, 1.82) is 0 Å². The second-order valence-corrected chi connectivity index (χ2v) is 9.18. The van der Waals surface area contributed by atoms with E-state index < -0.39 is 0 Å². The minimum Gasteiger partial charge on any atom is -0.493 e. The lowest BCUT2D eigenvalue weighted by Gasteiger charge is -2.06. The van der Waals surface area contributed by atoms with Gasteiger partial charge in [0, 0.05) is 17.4 Å². The summed E-state index contributed by atoms with van der Waals surface area (Å²) < 4.78 is 6.65. The van der Waals surface area contributed by atoms with E-state index >= 15 is 0 Å². The summed E-state index contributed by atoms with van der Waals surface area (Å²) in [6, 6.07) is 27.9. The molecule has 0 fully saturated rings. The van der Waals surface area contributed by atoms with Crippen molar-refractivity contribution in [3.05, 3.63) is 101 Å². The van der Waals surface area contributed by atoms with Crippen LogP contribution in [-0.4, -0.2) is 29.5 Å². The molecule has 33 heavy (non-hydrogen) atoms. The minimum atomic E-state index is -0.173. The van der Waals surface area contributed by atoms with Gasteiger partial charge in [0.05, 0.1) is 24.3 Å². The highest BCUT2D eigenvalue weighted by atomic mass is 32.2. The Bertz CT molecular complexity index is 1180. The van der Waals surface area contributed by atoms with Gasteiger partial charge in [0.2, 0.25) is 0 Å². The molecule has 0 aliphatic heterocycles. The van der Waals surface area contributed by atoms with Gasteiger partial charge in [0.25, 0.3) is 5.91 Å². The van der Waals surface area contributed by atoms with E-state index in [2.05, 4.69) is 27.6 Å². The van der Waals surface area contributed by atoms with Crippen LogP contribution in [0, 0.1) is 0 Å². The fraction of sp³-hybridized carbons (Fsp3) is 0.115. The first kappa shape index (κ1) is 22.8. The Morgan fingerprint density at radius 3 is 2.48 bits per heavy atom. The van der Waals surface area contributed by atoms with Gasteiger partial charge < -0.3 is 4.74 Å². The summed E-state index contributed by atoms with van der Waals surface area (Å²) in [7, 11) is 0. The van der Waals surface area contributed by atoms with Crippen LogP contribution >= 0.6 is 23.1 Å². The Kier molecular flexibility index (Phi) is 8.27. The molecule has 0 bridgehead atoms. The highest BCUT2D eigenvalue weighted by Crippen LogP contribution is 2.27. The Morgan fingerprint density at radius 2 is 1.73 bits per heavy atom. The normalized spacial score (nSPS) is 10.9. The molecule has 1 amide bonds. The van der Waals surface area contributed by atoms with Crippen molar-refractivity contribution >= 4 is 35.2 Å². The number of carbonyl (C=O) groups excluding carboxylic acids is 1. The molecular weight excluding hydrogens is 450 g/mol. The van der Waals surface area contributed by atoms with Crippen LogP contribution in [0.3, 0.4) is 0 Å². The maximum absolute atomic E-state index is 12.1. The van der Waals surface area contributed by atoms with E-state index in [-0.39, 0.29) is 11.7 Å². The molecule has 0 saturated heterocycles. The molecular formula is C26H23N3O2S2. The SMILES string of the molecule is O=C(CSc1nc(-c2ccccc2)cs1)N/N=C/c1ccc(OCCc2ccccc2)cc1. The Hall–Kier alpha value is -3.42. The van der Waals surface area contributed by atoms with Gasteiger partial charge in [-0.2, -0.15) is 5.10 Å². The molecule has 3 aromatic carbocycles. The van der Waals surface area contributed by atoms with E-state index in [1.54, 1.807) is 6.21 Å². The molecule has 0 aliphatic carbocycles. The standard InChI is InChI=1S/C26H23N3O2S2/c30-25(19-33-26-28-24(18-32-26)22-9-5-2-6-10-22)29-27-17-21-11-13-23(14-12-21)31-16-15-20-7-3-1-4-8-20/h1-14,17-18H,15-16,19H2,(H,29,30)/b27-17+. The average molecular weight is 474 g/mol. The van der Waals surface area contributed by atoms with Gasteiger partial charge in [-0.1, -0.05) is 72.4 Å². The zero-order valence-corrected chi connectivity index (χ0v) is 19.5. The average Bonchev–Trinajstić information content (AvgIpc) is 3.34. The van der Waals surface area contributed by atoms with E-state index in [0.717, 1.165) is 33.3 Å². The number of rotatable bonds is 10. The predicted molar refractivity (Wildman–Crippen MR) is 136 cm³/mol. The first-order chi connectivity index (χ1) is 16.3. The third-order valence-electron chi connectivity index (χ3n) is 4.66. The maximum atomic E-state index is 12.1. The van der Waals surface area contributed by atoms with Crippen LogP contribution in [0.5, 0.6) is 5.75 Å². The van der Waals surface area contributed by atoms with Crippen LogP contribution in [0.4, 0.5) is 0 Å². The minimum absolute atomic E-state index is 0.173. The summed E-state index contributed by atoms with van der Waals surface area (Å²) in [4.78, 5) is 16.7. The quantitative estimate of drug-likeness (QED) is 0.183. The molecule has 0 spiro atoms. The predicted octanol–water partition coefficient (Wildman–Crippen LogP) is 5.67. The number of thiazole rings is 1. The van der Waals surface area contributed by atoms with Crippen LogP contribution in [0.2, 0.25) is 0 Å². The highest BCUT2D eigenvalue weighted by Gasteiger charge is 2.07. The van der Waals surface area contributed by atoms with Crippen molar-refractivity contribution in [3.63, 3.8) is 0 Å². The number of nitrogens with zero attached hydrogens (tertiary/aromatic N) is 2. The molecule has 1 N–H and O–H groups in total. The number of hydrazone groups is 1. The summed E-state index contributed by atoms with van der Waals surface area (Å²) in [5.74, 6) is 0.892. The molecule has 7 heteroatoms. The third-order valence-corrected chi connectivity index (χ3v) is 6.69. The smallest absolute Gasteiger partial charge is 0.250 e. The summed E-state index contributed by atoms with van der Waals surface area (Å²) in [6.45, 7) is 0.622. The van der Waals surface area contributed by atoms with Crippen LogP contribution in [-0.2, 0) is 11.2 Å². The molecule has 0 aliphatic rings. The van der Waals surface area contributed by atoms with Gasteiger partial charge in [-0.25, -0.2) is 10.4 Å². The van der Waals surface area contributed by atoms with Crippen LogP contribution in [0.1, 0.15) is 11.1 Å². The number of benzene rings is 3. The van der Waals surface area contributed by atoms with Crippen molar-refractivity contribution in [2.24, 2.45) is 5.10 Å². The monoisotopic (exact) mass is 473 g/mol. The van der Waals surface area contributed by atoms with Gasteiger partial charge in [0.1, 0.15) is 5.75 Å². The number of hydrogen-bond donors (Lipinski definition) is 1. The first-order valence-corrected chi connectivity index (χ1v) is 12.4. The van der Waals surface area contributed by atoms with Crippen molar-refractivity contribution in [2.45, 2.75) is 10.8 Å². The number of ether oxygens (including phenoxy) is 1. The summed E-state index contributed by atoms with van der Waals surface area (Å²) in [6.07, 6.45) is 2.48. The summed E-state index contributed by atoms with van der Waals surface area (Å²) >= 11 is 2.94. The molecule has 1 aromatic heterocycles. The molecule has 1 heterocycles.